The highest BCUT2D eigenvalue weighted by Crippen LogP contribution is 2.48. The summed E-state index contributed by atoms with van der Waals surface area (Å²) in [6.45, 7) is 27.9. The smallest absolute Gasteiger partial charge is 0.310 e. The van der Waals surface area contributed by atoms with Crippen molar-refractivity contribution in [2.24, 2.45) is 0 Å². The van der Waals surface area contributed by atoms with Crippen molar-refractivity contribution in [3.8, 4) is 78.1 Å². The molecule has 13 aromatic rings. The minimum Gasteiger partial charge on any atom is -0.310 e. The number of hydrogen-bond acceptors (Lipinski definition) is 0. The van der Waals surface area contributed by atoms with Crippen molar-refractivity contribution in [3.05, 3.63) is 267 Å². The van der Waals surface area contributed by atoms with Crippen molar-refractivity contribution < 1.29 is 13.2 Å². The van der Waals surface area contributed by atoms with E-state index < -0.39 is 11.7 Å². The Kier molecular flexibility index (Phi) is 12.7. The maximum Gasteiger partial charge on any atom is 0.416 e. The van der Waals surface area contributed by atoms with Crippen LogP contribution in [-0.4, -0.2) is 9.13 Å². The summed E-state index contributed by atoms with van der Waals surface area (Å²) in [6.07, 6.45) is -4.50. The van der Waals surface area contributed by atoms with Gasteiger partial charge in [-0.1, -0.05) is 144 Å². The lowest BCUT2D eigenvalue weighted by Crippen LogP contribution is -2.05. The maximum absolute atomic E-state index is 14.3. The Morgan fingerprint density at radius 1 is 0.325 bits per heavy atom. The number of aromatic nitrogens is 2. The van der Waals surface area contributed by atoms with Crippen LogP contribution >= 0.6 is 0 Å². The van der Waals surface area contributed by atoms with Crippen LogP contribution in [0, 0.1) is 68.9 Å². The third-order valence-electron chi connectivity index (χ3n) is 17.1. The molecule has 6 heteroatoms. The molecule has 0 bridgehead atoms. The van der Waals surface area contributed by atoms with Crippen LogP contribution in [0.5, 0.6) is 0 Å². The monoisotopic (exact) mass is 1080 g/mol. The molecule has 0 atom stereocenters. The molecule has 404 valence electrons. The summed E-state index contributed by atoms with van der Waals surface area (Å²) in [5.41, 5.74) is 27.3. The van der Waals surface area contributed by atoms with Gasteiger partial charge >= 0.3 is 6.18 Å². The lowest BCUT2D eigenvalue weighted by molar-refractivity contribution is -0.137. The first kappa shape index (κ1) is 52.7. The first-order valence-corrected chi connectivity index (χ1v) is 28.2. The fourth-order valence-corrected chi connectivity index (χ4v) is 13.1. The number of halogens is 3. The van der Waals surface area contributed by atoms with Crippen LogP contribution in [0.15, 0.2) is 200 Å². The number of rotatable bonds is 8. The van der Waals surface area contributed by atoms with Crippen molar-refractivity contribution in [1.29, 1.82) is 0 Å². The number of aryl methyl sites for hydroxylation is 9. The average Bonchev–Trinajstić information content (AvgIpc) is 1.87. The molecule has 0 aliphatic carbocycles. The molecule has 0 fully saturated rings. The molecule has 0 radical (unpaired) electrons. The second-order valence-corrected chi connectivity index (χ2v) is 22.9. The van der Waals surface area contributed by atoms with Crippen LogP contribution in [0.25, 0.3) is 127 Å². The average molecular weight is 1080 g/mol. The van der Waals surface area contributed by atoms with Gasteiger partial charge < -0.3 is 9.13 Å². The summed E-state index contributed by atoms with van der Waals surface area (Å²) in [6, 6.07) is 69.5. The van der Waals surface area contributed by atoms with Crippen LogP contribution < -0.4 is 0 Å². The molecule has 0 aliphatic rings. The van der Waals surface area contributed by atoms with Crippen molar-refractivity contribution in [2.75, 3.05) is 0 Å². The van der Waals surface area contributed by atoms with E-state index in [1.165, 1.54) is 56.6 Å². The van der Waals surface area contributed by atoms with Crippen molar-refractivity contribution >= 4 is 49.3 Å². The minimum atomic E-state index is -4.50. The van der Waals surface area contributed by atoms with Gasteiger partial charge in [-0.05, 0) is 230 Å². The Morgan fingerprint density at radius 2 is 0.663 bits per heavy atom. The highest BCUT2D eigenvalue weighted by atomic mass is 19.4. The van der Waals surface area contributed by atoms with Gasteiger partial charge in [0.25, 0.3) is 0 Å². The van der Waals surface area contributed by atoms with Gasteiger partial charge in [-0.2, -0.15) is 13.2 Å². The summed E-state index contributed by atoms with van der Waals surface area (Å²) in [5, 5.41) is 4.27. The van der Waals surface area contributed by atoms with E-state index in [0.29, 0.717) is 22.4 Å². The van der Waals surface area contributed by atoms with Gasteiger partial charge in [-0.15, -0.1) is 0 Å². The van der Waals surface area contributed by atoms with Crippen LogP contribution in [-0.2, 0) is 6.18 Å². The van der Waals surface area contributed by atoms with Crippen molar-refractivity contribution in [3.63, 3.8) is 0 Å². The molecule has 0 amide bonds. The van der Waals surface area contributed by atoms with E-state index in [2.05, 4.69) is 233 Å². The molecule has 13 rings (SSSR count). The molecule has 0 N–H and O–H groups in total. The largest absolute Gasteiger partial charge is 0.416 e. The van der Waals surface area contributed by atoms with Crippen LogP contribution in [0.1, 0.15) is 55.6 Å². The zero-order valence-electron chi connectivity index (χ0n) is 48.0. The molecule has 0 spiro atoms. The lowest BCUT2D eigenvalue weighted by Gasteiger charge is -2.21. The quantitative estimate of drug-likeness (QED) is 0.135. The van der Waals surface area contributed by atoms with E-state index in [1.807, 2.05) is 18.2 Å². The van der Waals surface area contributed by atoms with Gasteiger partial charge in [0.2, 0.25) is 0 Å². The number of nitrogens with zero attached hydrogens (tertiary/aromatic N) is 3. The van der Waals surface area contributed by atoms with E-state index in [9.17, 15) is 13.2 Å². The molecular formula is C77H60F3N3. The second kappa shape index (κ2) is 20.1. The number of hydrogen-bond donors (Lipinski definition) is 0. The van der Waals surface area contributed by atoms with E-state index in [4.69, 9.17) is 6.57 Å². The highest BCUT2D eigenvalue weighted by molar-refractivity contribution is 6.15. The van der Waals surface area contributed by atoms with Crippen LogP contribution in [0.3, 0.4) is 0 Å². The van der Waals surface area contributed by atoms with Crippen LogP contribution in [0.4, 0.5) is 18.9 Å². The number of benzene rings is 11. The molecule has 0 saturated carbocycles. The summed E-state index contributed by atoms with van der Waals surface area (Å²) in [5.74, 6) is 0. The first-order chi connectivity index (χ1) is 39.9. The summed E-state index contributed by atoms with van der Waals surface area (Å²) in [4.78, 5) is 4.35. The Morgan fingerprint density at radius 3 is 1.01 bits per heavy atom. The molecule has 2 aromatic heterocycles. The zero-order chi connectivity index (χ0) is 57.7. The molecule has 0 aliphatic heterocycles. The van der Waals surface area contributed by atoms with Gasteiger partial charge in [0.05, 0.1) is 39.9 Å². The molecular weight excluding hydrogens is 1020 g/mol. The summed E-state index contributed by atoms with van der Waals surface area (Å²) < 4.78 is 47.5. The van der Waals surface area contributed by atoms with Crippen LogP contribution in [0.2, 0.25) is 0 Å². The second-order valence-electron chi connectivity index (χ2n) is 22.9. The van der Waals surface area contributed by atoms with Gasteiger partial charge in [0.1, 0.15) is 0 Å². The molecule has 0 unspecified atom stereocenters. The van der Waals surface area contributed by atoms with Crippen molar-refractivity contribution in [1.82, 2.24) is 9.13 Å². The minimum absolute atomic E-state index is 0.439. The zero-order valence-corrected chi connectivity index (χ0v) is 48.0. The molecule has 11 aromatic carbocycles. The fourth-order valence-electron chi connectivity index (χ4n) is 13.1. The summed E-state index contributed by atoms with van der Waals surface area (Å²) >= 11 is 0. The van der Waals surface area contributed by atoms with E-state index >= 15 is 0 Å². The van der Waals surface area contributed by atoms with Gasteiger partial charge in [0, 0.05) is 32.8 Å². The maximum atomic E-state index is 14.3. The van der Waals surface area contributed by atoms with Gasteiger partial charge in [-0.3, -0.25) is 0 Å². The summed E-state index contributed by atoms with van der Waals surface area (Å²) in [7, 11) is 0. The Labute approximate surface area is 483 Å². The fraction of sp³-hybridized carbons (Fsp3) is 0.130. The predicted molar refractivity (Wildman–Crippen MR) is 342 cm³/mol. The topological polar surface area (TPSA) is 14.2 Å². The Hall–Kier alpha value is -9.70. The first-order valence-electron chi connectivity index (χ1n) is 28.2. The number of fused-ring (bicyclic) bond motifs is 6. The van der Waals surface area contributed by atoms with E-state index in [0.717, 1.165) is 111 Å². The SMILES string of the molecule is [C-]#[N+]c1cccc(-n2c3ccc(-c4ccc(C)cc4C)cc3c3cc(-c4ccc(C)cc4C)ccc32)c1-c1cc(-c2ccc(C(F)(F)F)cc2C)ccc1-n1c2ccc(-c3ccc(C)cc3C)cc2c2cc(-c3ccc(C)cc3C)ccc21. The predicted octanol–water partition coefficient (Wildman–Crippen LogP) is 22.2. The third-order valence-corrected chi connectivity index (χ3v) is 17.1. The van der Waals surface area contributed by atoms with E-state index in [1.54, 1.807) is 13.0 Å². The van der Waals surface area contributed by atoms with Crippen molar-refractivity contribution in [2.45, 2.75) is 68.5 Å². The third kappa shape index (κ3) is 9.09. The van der Waals surface area contributed by atoms with Gasteiger partial charge in [0.15, 0.2) is 5.69 Å². The highest BCUT2D eigenvalue weighted by Gasteiger charge is 2.31. The molecule has 2 heterocycles. The lowest BCUT2D eigenvalue weighted by atomic mass is 9.92. The standard InChI is InChI=1S/C77H60F3N3/c1-44-14-24-59(48(5)34-44)53-18-29-70-64(39-53)65-40-54(60-25-15-45(2)35-49(60)6)19-30-71(65)82(70)74-33-22-57(63-28-23-58(38-52(63)9)77(78,79)80)43-68(74)76-69(81-10)12-11-13-75(76)83-72-31-20-55(61-26-16-46(3)36-50(61)7)41-66(72)67-42-56(21-32-73(67)83)62-27-17-47(4)37-51(62)8/h11-43H,1-9H3. The Balaban J connectivity index is 1.13. The molecule has 0 saturated heterocycles. The Bertz CT molecular complexity index is 4680. The molecule has 3 nitrogen and oxygen atoms in total. The van der Waals surface area contributed by atoms with E-state index in [-0.39, 0.29) is 0 Å². The normalized spacial score (nSPS) is 11.8. The van der Waals surface area contributed by atoms with Gasteiger partial charge in [-0.25, -0.2) is 4.85 Å². The molecule has 83 heavy (non-hydrogen) atoms. The number of alkyl halides is 3.